The number of methoxy groups -OCH3 is 1. The van der Waals surface area contributed by atoms with Gasteiger partial charge in [-0.15, -0.1) is 0 Å². The highest BCUT2D eigenvalue weighted by Gasteiger charge is 2.12. The predicted octanol–water partition coefficient (Wildman–Crippen LogP) is 3.59. The minimum Gasteiger partial charge on any atom is -0.508 e. The molecule has 4 heteroatoms. The van der Waals surface area contributed by atoms with Crippen LogP contribution in [0.1, 0.15) is 10.6 Å². The molecule has 0 aliphatic rings. The fraction of sp³-hybridized carbons (Fsp3) is 0.0625. The third-order valence-corrected chi connectivity index (χ3v) is 3.10. The second-order valence-corrected chi connectivity index (χ2v) is 4.40. The van der Waals surface area contributed by atoms with Crippen molar-refractivity contribution < 1.29 is 19.1 Å². The van der Waals surface area contributed by atoms with Crippen molar-refractivity contribution in [2.75, 3.05) is 7.11 Å². The van der Waals surface area contributed by atoms with E-state index in [0.29, 0.717) is 5.58 Å². The number of fused-ring (bicyclic) bond motifs is 1. The number of esters is 1. The maximum atomic E-state index is 11.4. The van der Waals surface area contributed by atoms with Gasteiger partial charge in [0.2, 0.25) is 5.76 Å². The average Bonchev–Trinajstić information content (AvgIpc) is 2.90. The number of carbonyl (C=O) groups excluding carboxylic acids is 1. The maximum absolute atomic E-state index is 11.4. The molecule has 1 heterocycles. The van der Waals surface area contributed by atoms with Crippen molar-refractivity contribution in [3.8, 4) is 16.9 Å². The Morgan fingerprint density at radius 3 is 2.45 bits per heavy atom. The Bertz CT molecular complexity index is 769. The number of carbonyl (C=O) groups is 1. The molecule has 0 aliphatic heterocycles. The summed E-state index contributed by atoms with van der Waals surface area (Å²) in [6, 6.07) is 14.2. The molecule has 1 N–H and O–H groups in total. The SMILES string of the molecule is COC(=O)c1cc2cc(-c3ccc(O)cc3)ccc2o1. The zero-order valence-corrected chi connectivity index (χ0v) is 10.8. The normalized spacial score (nSPS) is 10.7. The third-order valence-electron chi connectivity index (χ3n) is 3.10. The van der Waals surface area contributed by atoms with Gasteiger partial charge in [-0.25, -0.2) is 4.79 Å². The molecule has 0 amide bonds. The van der Waals surface area contributed by atoms with E-state index in [9.17, 15) is 9.90 Å². The molecule has 0 bridgehead atoms. The van der Waals surface area contributed by atoms with E-state index >= 15 is 0 Å². The van der Waals surface area contributed by atoms with E-state index in [1.807, 2.05) is 30.3 Å². The Hall–Kier alpha value is -2.75. The van der Waals surface area contributed by atoms with Crippen LogP contribution in [0.2, 0.25) is 0 Å². The van der Waals surface area contributed by atoms with Crippen molar-refractivity contribution in [2.45, 2.75) is 0 Å². The topological polar surface area (TPSA) is 59.7 Å². The Labute approximate surface area is 115 Å². The van der Waals surface area contributed by atoms with Gasteiger partial charge in [0.1, 0.15) is 11.3 Å². The first-order valence-corrected chi connectivity index (χ1v) is 6.09. The molecule has 0 aliphatic carbocycles. The van der Waals surface area contributed by atoms with Crippen molar-refractivity contribution >= 4 is 16.9 Å². The molecular weight excluding hydrogens is 256 g/mol. The van der Waals surface area contributed by atoms with Gasteiger partial charge in [0.05, 0.1) is 7.11 Å². The van der Waals surface area contributed by atoms with Crippen LogP contribution in [-0.2, 0) is 4.74 Å². The van der Waals surface area contributed by atoms with E-state index in [4.69, 9.17) is 4.42 Å². The largest absolute Gasteiger partial charge is 0.508 e. The van der Waals surface area contributed by atoms with Crippen LogP contribution in [0.4, 0.5) is 0 Å². The highest BCUT2D eigenvalue weighted by atomic mass is 16.5. The van der Waals surface area contributed by atoms with Crippen molar-refractivity contribution in [1.82, 2.24) is 0 Å². The van der Waals surface area contributed by atoms with Gasteiger partial charge in [-0.1, -0.05) is 18.2 Å². The molecule has 0 atom stereocenters. The molecule has 20 heavy (non-hydrogen) atoms. The molecule has 0 spiro atoms. The average molecular weight is 268 g/mol. The first-order chi connectivity index (χ1) is 9.67. The van der Waals surface area contributed by atoms with Crippen LogP contribution in [0, 0.1) is 0 Å². The van der Waals surface area contributed by atoms with E-state index in [1.54, 1.807) is 18.2 Å². The molecule has 0 fully saturated rings. The Morgan fingerprint density at radius 2 is 1.75 bits per heavy atom. The standard InChI is InChI=1S/C16H12O4/c1-19-16(18)15-9-12-8-11(4-7-14(12)20-15)10-2-5-13(17)6-3-10/h2-9,17H,1H3. The summed E-state index contributed by atoms with van der Waals surface area (Å²) < 4.78 is 10.0. The molecule has 0 unspecified atom stereocenters. The van der Waals surface area contributed by atoms with Crippen LogP contribution in [-0.4, -0.2) is 18.2 Å². The highest BCUT2D eigenvalue weighted by molar-refractivity contribution is 5.93. The second-order valence-electron chi connectivity index (χ2n) is 4.40. The van der Waals surface area contributed by atoms with Crippen LogP contribution in [0.15, 0.2) is 52.9 Å². The summed E-state index contributed by atoms with van der Waals surface area (Å²) in [5, 5.41) is 10.1. The molecule has 4 nitrogen and oxygen atoms in total. The van der Waals surface area contributed by atoms with Gasteiger partial charge >= 0.3 is 5.97 Å². The number of ether oxygens (including phenoxy) is 1. The Balaban J connectivity index is 2.06. The minimum atomic E-state index is -0.493. The van der Waals surface area contributed by atoms with Crippen molar-refractivity contribution in [3.05, 3.63) is 54.3 Å². The lowest BCUT2D eigenvalue weighted by Gasteiger charge is -2.01. The van der Waals surface area contributed by atoms with Gasteiger partial charge < -0.3 is 14.3 Å². The smallest absolute Gasteiger partial charge is 0.373 e. The summed E-state index contributed by atoms with van der Waals surface area (Å²) in [6.45, 7) is 0. The number of benzene rings is 2. The zero-order valence-electron chi connectivity index (χ0n) is 10.8. The van der Waals surface area contributed by atoms with Crippen LogP contribution in [0.5, 0.6) is 5.75 Å². The van der Waals surface area contributed by atoms with E-state index in [1.165, 1.54) is 7.11 Å². The summed E-state index contributed by atoms with van der Waals surface area (Å²) >= 11 is 0. The quantitative estimate of drug-likeness (QED) is 0.721. The van der Waals surface area contributed by atoms with Gasteiger partial charge in [-0.05, 0) is 41.5 Å². The van der Waals surface area contributed by atoms with Gasteiger partial charge in [-0.2, -0.15) is 0 Å². The molecule has 0 radical (unpaired) electrons. The number of aromatic hydroxyl groups is 1. The molecule has 100 valence electrons. The van der Waals surface area contributed by atoms with E-state index < -0.39 is 5.97 Å². The molecule has 1 aromatic heterocycles. The van der Waals surface area contributed by atoms with Gasteiger partial charge in [0, 0.05) is 5.39 Å². The molecule has 0 saturated heterocycles. The van der Waals surface area contributed by atoms with Crippen molar-refractivity contribution in [1.29, 1.82) is 0 Å². The Kier molecular flexibility index (Phi) is 2.91. The summed E-state index contributed by atoms with van der Waals surface area (Å²) in [4.78, 5) is 11.4. The molecular formula is C16H12O4. The molecule has 2 aromatic carbocycles. The van der Waals surface area contributed by atoms with Crippen LogP contribution in [0.3, 0.4) is 0 Å². The lowest BCUT2D eigenvalue weighted by Crippen LogP contribution is -1.97. The van der Waals surface area contributed by atoms with E-state index in [0.717, 1.165) is 16.5 Å². The number of hydrogen-bond acceptors (Lipinski definition) is 4. The van der Waals surface area contributed by atoms with Gasteiger partial charge in [0.15, 0.2) is 0 Å². The van der Waals surface area contributed by atoms with E-state index in [-0.39, 0.29) is 11.5 Å². The Morgan fingerprint density at radius 1 is 1.05 bits per heavy atom. The number of phenolic OH excluding ortho intramolecular Hbond substituents is 1. The summed E-state index contributed by atoms with van der Waals surface area (Å²) in [7, 11) is 1.32. The fourth-order valence-corrected chi connectivity index (χ4v) is 2.08. The number of furan rings is 1. The molecule has 3 aromatic rings. The minimum absolute atomic E-state index is 0.186. The maximum Gasteiger partial charge on any atom is 0.373 e. The molecule has 3 rings (SSSR count). The van der Waals surface area contributed by atoms with Crippen LogP contribution < -0.4 is 0 Å². The monoisotopic (exact) mass is 268 g/mol. The molecule has 0 saturated carbocycles. The first kappa shape index (κ1) is 12.3. The summed E-state index contributed by atoms with van der Waals surface area (Å²) in [6.07, 6.45) is 0. The van der Waals surface area contributed by atoms with Crippen molar-refractivity contribution in [2.24, 2.45) is 0 Å². The van der Waals surface area contributed by atoms with Crippen molar-refractivity contribution in [3.63, 3.8) is 0 Å². The predicted molar refractivity (Wildman–Crippen MR) is 74.7 cm³/mol. The lowest BCUT2D eigenvalue weighted by molar-refractivity contribution is 0.0567. The highest BCUT2D eigenvalue weighted by Crippen LogP contribution is 2.27. The fourth-order valence-electron chi connectivity index (χ4n) is 2.08. The van der Waals surface area contributed by atoms with E-state index in [2.05, 4.69) is 4.74 Å². The summed E-state index contributed by atoms with van der Waals surface area (Å²) in [5.74, 6) is -0.0798. The van der Waals surface area contributed by atoms with Gasteiger partial charge in [0.25, 0.3) is 0 Å². The van der Waals surface area contributed by atoms with Crippen LogP contribution >= 0.6 is 0 Å². The number of phenols is 1. The third kappa shape index (κ3) is 2.12. The number of rotatable bonds is 2. The lowest BCUT2D eigenvalue weighted by atomic mass is 10.0. The zero-order chi connectivity index (χ0) is 14.1. The van der Waals surface area contributed by atoms with Gasteiger partial charge in [-0.3, -0.25) is 0 Å². The first-order valence-electron chi connectivity index (χ1n) is 6.09. The van der Waals surface area contributed by atoms with Crippen LogP contribution in [0.25, 0.3) is 22.1 Å². The second kappa shape index (κ2) is 4.74. The summed E-state index contributed by atoms with van der Waals surface area (Å²) in [5.41, 5.74) is 2.59. The number of hydrogen-bond donors (Lipinski definition) is 1.